The molecule has 0 spiro atoms. The Kier molecular flexibility index (Phi) is 57.7. The molecule has 32 nitrogen and oxygen atoms in total. The van der Waals surface area contributed by atoms with Gasteiger partial charge in [-0.25, -0.2) is 9.77 Å². The quantitative estimate of drug-likeness (QED) is 0.0161. The van der Waals surface area contributed by atoms with E-state index in [0.717, 1.165) is 136 Å². The number of aromatic nitrogens is 12. The molecule has 10 atom stereocenters. The van der Waals surface area contributed by atoms with Crippen molar-refractivity contribution in [2.75, 3.05) is 26.7 Å². The fourth-order valence-corrected chi connectivity index (χ4v) is 15.1. The van der Waals surface area contributed by atoms with Crippen LogP contribution in [0.5, 0.6) is 0 Å². The number of carboxylic acids is 5. The van der Waals surface area contributed by atoms with Crippen molar-refractivity contribution < 1.29 is 73.5 Å². The van der Waals surface area contributed by atoms with E-state index >= 15 is 0 Å². The Morgan fingerprint density at radius 2 is 0.724 bits per heavy atom. The Bertz CT molecular complexity index is 3960. The Labute approximate surface area is 758 Å². The van der Waals surface area contributed by atoms with Crippen LogP contribution < -0.4 is 26.7 Å². The van der Waals surface area contributed by atoms with E-state index in [1.54, 1.807) is 6.07 Å². The molecule has 5 heterocycles. The molecule has 0 radical (unpaired) electrons. The second-order valence-electron chi connectivity index (χ2n) is 31.3. The van der Waals surface area contributed by atoms with Crippen LogP contribution in [-0.4, -0.2) is 146 Å². The zero-order chi connectivity index (χ0) is 95.7. The van der Waals surface area contributed by atoms with Crippen LogP contribution in [0.2, 0.25) is 0 Å². The molecular weight excluding hydrogens is 1660 g/mol. The molecule has 0 aliphatic carbocycles. The molecule has 0 aromatic carbocycles. The lowest BCUT2D eigenvalue weighted by Gasteiger charge is -2.24. The molecule has 5 rings (SSSR count). The summed E-state index contributed by atoms with van der Waals surface area (Å²) in [6, 6.07) is 1.62. The number of H-pyrrole nitrogens is 2. The number of nitrogens with one attached hydrogen (secondary N) is 7. The number of nitrogens with zero attached hydrogens (tertiary/aromatic N) is 10. The highest BCUT2D eigenvalue weighted by Crippen LogP contribution is 2.36. The van der Waals surface area contributed by atoms with Gasteiger partial charge in [0, 0.05) is 38.2 Å². The average Bonchev–Trinajstić information content (AvgIpc) is 1.82. The molecule has 0 saturated heterocycles. The third-order valence-electron chi connectivity index (χ3n) is 22.2. The smallest absolute Gasteiger partial charge is 0.307 e. The zero-order valence-corrected chi connectivity index (χ0v) is 79.3. The number of hydrogen-bond acceptors (Lipinski definition) is 21. The van der Waals surface area contributed by atoms with Crippen LogP contribution >= 0.6 is 22.7 Å². The lowest BCUT2D eigenvalue weighted by molar-refractivity contribution is -0.145. The van der Waals surface area contributed by atoms with Gasteiger partial charge in [-0.3, -0.25) is 63.8 Å². The minimum absolute atomic E-state index is 0.0876. The van der Waals surface area contributed by atoms with Crippen LogP contribution in [0, 0.1) is 59.2 Å². The Morgan fingerprint density at radius 1 is 0.402 bits per heavy atom. The fourth-order valence-electron chi connectivity index (χ4n) is 13.9. The second kappa shape index (κ2) is 64.4. The summed E-state index contributed by atoms with van der Waals surface area (Å²) in [6.07, 6.45) is 32.6. The van der Waals surface area contributed by atoms with Gasteiger partial charge >= 0.3 is 29.8 Å². The van der Waals surface area contributed by atoms with Crippen LogP contribution in [0.4, 0.5) is 22.0 Å². The molecule has 0 aliphatic heterocycles. The van der Waals surface area contributed by atoms with Crippen molar-refractivity contribution in [3.8, 4) is 0 Å². The van der Waals surface area contributed by atoms with Crippen LogP contribution in [0.1, 0.15) is 276 Å². The normalized spacial score (nSPS) is 13.9. The lowest BCUT2D eigenvalue weighted by Crippen LogP contribution is -2.31. The molecule has 0 aliphatic rings. The number of aromatic amines is 2. The molecule has 5 amide bonds. The van der Waals surface area contributed by atoms with Crippen LogP contribution in [0.3, 0.4) is 0 Å². The monoisotopic (exact) mass is 1800 g/mol. The molecule has 10 unspecified atom stereocenters. The summed E-state index contributed by atoms with van der Waals surface area (Å²) >= 11 is 2.50. The van der Waals surface area contributed by atoms with Gasteiger partial charge in [-0.05, 0) is 199 Å². The maximum atomic E-state index is 12.3. The van der Waals surface area contributed by atoms with E-state index in [4.69, 9.17) is 0 Å². The van der Waals surface area contributed by atoms with Gasteiger partial charge in [-0.2, -0.15) is 15.2 Å². The van der Waals surface area contributed by atoms with E-state index in [1.165, 1.54) is 85.9 Å². The molecule has 5 aromatic rings. The van der Waals surface area contributed by atoms with Crippen molar-refractivity contribution in [2.45, 2.75) is 278 Å². The first kappa shape index (κ1) is 114. The van der Waals surface area contributed by atoms with Gasteiger partial charge in [0.2, 0.25) is 45.7 Å². The number of carboxylic acid groups (broad SMARTS) is 5. The van der Waals surface area contributed by atoms with Crippen molar-refractivity contribution in [2.24, 2.45) is 59.2 Å². The first-order chi connectivity index (χ1) is 60.3. The second-order valence-corrected chi connectivity index (χ2v) is 33.2. The number of carbonyl (C=O) groups is 10. The average molecular weight is 1800 g/mol. The molecule has 5 aromatic heterocycles. The molecule has 0 saturated carbocycles. The van der Waals surface area contributed by atoms with Gasteiger partial charge in [0.25, 0.3) is 0 Å². The maximum absolute atomic E-state index is 12.3. The first-order valence-electron chi connectivity index (χ1n) is 43.9. The molecule has 127 heavy (non-hydrogen) atoms. The summed E-state index contributed by atoms with van der Waals surface area (Å²) in [4.78, 5) is 123. The Balaban J connectivity index is 0.000000794. The third-order valence-corrected chi connectivity index (χ3v) is 23.8. The van der Waals surface area contributed by atoms with Gasteiger partial charge in [0.05, 0.1) is 35.8 Å². The van der Waals surface area contributed by atoms with Crippen molar-refractivity contribution >= 4 is 104 Å². The van der Waals surface area contributed by atoms with E-state index < -0.39 is 65.3 Å². The summed E-state index contributed by atoms with van der Waals surface area (Å²) in [6.45, 7) is 53.0. The molecule has 34 heteroatoms. The van der Waals surface area contributed by atoms with Gasteiger partial charge in [0.15, 0.2) is 0 Å². The predicted molar refractivity (Wildman–Crippen MR) is 503 cm³/mol. The summed E-state index contributed by atoms with van der Waals surface area (Å²) in [5.74, 6) is -11.2. The number of allylic oxidation sites excluding steroid dienone is 15. The van der Waals surface area contributed by atoms with Crippen molar-refractivity contribution in [1.29, 1.82) is 0 Å². The van der Waals surface area contributed by atoms with Crippen molar-refractivity contribution in [3.63, 3.8) is 0 Å². The Morgan fingerprint density at radius 3 is 0.992 bits per heavy atom. The molecule has 702 valence electrons. The third kappa shape index (κ3) is 46.1. The number of aliphatic carboxylic acids is 5. The largest absolute Gasteiger partial charge is 0.481 e. The minimum atomic E-state index is -0.985. The number of amides is 5. The summed E-state index contributed by atoms with van der Waals surface area (Å²) in [5.41, 5.74) is 15.0. The number of aryl methyl sites for hydroxylation is 1. The van der Waals surface area contributed by atoms with Crippen LogP contribution in [0.15, 0.2) is 156 Å². The van der Waals surface area contributed by atoms with Gasteiger partial charge in [-0.15, -0.1) is 30.6 Å². The van der Waals surface area contributed by atoms with Gasteiger partial charge in [0.1, 0.15) is 35.3 Å². The topological polar surface area (TPSA) is 485 Å². The highest BCUT2D eigenvalue weighted by Gasteiger charge is 2.36. The molecule has 12 N–H and O–H groups in total. The number of rotatable bonds is 56. The van der Waals surface area contributed by atoms with E-state index in [2.05, 4.69) is 215 Å². The van der Waals surface area contributed by atoms with E-state index in [-0.39, 0.29) is 91.3 Å². The zero-order valence-electron chi connectivity index (χ0n) is 77.7. The highest BCUT2D eigenvalue weighted by molar-refractivity contribution is 7.15. The van der Waals surface area contributed by atoms with Gasteiger partial charge in [-0.1, -0.05) is 218 Å². The standard InChI is InChI=1S/C20H31N3O3S.C19H29N3O3.2C18H28N4O3.C18H27N3O3S/c1-6-13(4)10-9-11-14(5)15(7-2)16(19(25)26)12-17(24)21-20-23-22-18(8-3)27-20;1-5-13(3)8-7-9-14(4)15(6-2)16(19(24)25)12-18(23)21-17-10-11-20-22-17;1-5-13(3)8-7-9-14(4)15(6-2)16(18(24)25)10-17(23)21-22-11-19-20-12-22;1-5-12(3)8-7-9-13(4)14(6-2)15(17(24)25)10-16(23)21-18-19-11-20-22-18;1-5-12(3)8-7-9-13(4)14(6-2)15(17(23)24)10-16(22)20-18-21-19-11-25-18/h10,15-16H,5-9,11-12H2,1-4H3,(H,25,26)(H,21,23,24);8,10-11,15-16H,4-7,9,12H2,1-3H3,(H,24,25)(H2,20,21,22,23);8,11-12,15-16H,4-7,9-10H2,1-3H3,(H,21,23)(H,24,25);8,11,14-15H,4-7,9-10H2,1-3H3,(H,24,25)(H2,19,20,21,22,23);8,11,14-15H,4-7,9-10H2,1-3H3,(H,23,24)(H,20,21,22)/b13-10-;2*13-8-;2*12-8-. The molecular formula is C93H143N17O15S2. The van der Waals surface area contributed by atoms with Crippen molar-refractivity contribution in [3.05, 3.63) is 161 Å². The van der Waals surface area contributed by atoms with E-state index in [1.807, 2.05) is 41.5 Å². The first-order valence-corrected chi connectivity index (χ1v) is 45.6. The summed E-state index contributed by atoms with van der Waals surface area (Å²) < 4.78 is 1.30. The summed E-state index contributed by atoms with van der Waals surface area (Å²) in [5, 5.41) is 95.0. The van der Waals surface area contributed by atoms with Gasteiger partial charge < -0.3 is 41.5 Å². The number of hydrogen-bond donors (Lipinski definition) is 12. The summed E-state index contributed by atoms with van der Waals surface area (Å²) in [7, 11) is 0. The Hall–Kier alpha value is -11.3. The number of carbonyl (C=O) groups excluding carboxylic acids is 5. The van der Waals surface area contributed by atoms with Crippen LogP contribution in [-0.2, 0) is 54.4 Å². The molecule has 0 bridgehead atoms. The van der Waals surface area contributed by atoms with E-state index in [9.17, 15) is 73.5 Å². The number of anilines is 4. The van der Waals surface area contributed by atoms with E-state index in [0.29, 0.717) is 48.2 Å². The van der Waals surface area contributed by atoms with Crippen LogP contribution in [0.25, 0.3) is 0 Å². The predicted octanol–water partition coefficient (Wildman–Crippen LogP) is 20.0. The molecule has 0 fully saturated rings. The lowest BCUT2D eigenvalue weighted by atomic mass is 9.80. The SMILES string of the molecule is C=C(CC/C=C(/C)CC)C(CC)C(CC(=O)Nc1ccn[nH]1)C(=O)O.C=C(CC/C=C(/C)CC)C(CC)C(CC(=O)Nc1ncn[nH]1)C(=O)O.C=C(CC/C=C(/C)CC)C(CC)C(CC(=O)Nc1nnc(CC)s1)C(=O)O.C=C(CC/C=C(/C)CC)C(CC)C(CC(=O)Nc1nncs1)C(=O)O.C=C(CC/C=C(/C)CC)C(CC)C(CC(=O)Nn1cnnc1)C(=O)O. The minimum Gasteiger partial charge on any atom is -0.481 e. The maximum Gasteiger partial charge on any atom is 0.307 e. The van der Waals surface area contributed by atoms with Crippen molar-refractivity contribution in [1.82, 2.24) is 60.6 Å². The fraction of sp³-hybridized carbons (Fsp3) is 0.559. The highest BCUT2D eigenvalue weighted by atomic mass is 32.1.